The second kappa shape index (κ2) is 8.23. The summed E-state index contributed by atoms with van der Waals surface area (Å²) in [5, 5.41) is 3.49. The van der Waals surface area contributed by atoms with Crippen molar-refractivity contribution in [3.63, 3.8) is 0 Å². The van der Waals surface area contributed by atoms with Crippen molar-refractivity contribution >= 4 is 0 Å². The van der Waals surface area contributed by atoms with Crippen molar-refractivity contribution in [1.82, 2.24) is 5.32 Å². The van der Waals surface area contributed by atoms with Crippen LogP contribution in [0.5, 0.6) is 5.75 Å². The lowest BCUT2D eigenvalue weighted by Crippen LogP contribution is -2.19. The van der Waals surface area contributed by atoms with Gasteiger partial charge >= 0.3 is 0 Å². The summed E-state index contributed by atoms with van der Waals surface area (Å²) in [6.45, 7) is 4.14. The van der Waals surface area contributed by atoms with Gasteiger partial charge in [-0.2, -0.15) is 0 Å². The standard InChI is InChI=1S/C19H29NO/c1-15(2)21-18-13-9-12-17(14-18)19(20-3)16-10-7-5-4-6-8-11-16/h9-10,12-15,19-20H,4-8,11H2,1-3H3/b16-10+. The second-order valence-corrected chi connectivity index (χ2v) is 6.19. The third-order valence-corrected chi connectivity index (χ3v) is 4.05. The quantitative estimate of drug-likeness (QED) is 0.768. The predicted molar refractivity (Wildman–Crippen MR) is 89.8 cm³/mol. The fourth-order valence-corrected chi connectivity index (χ4v) is 3.08. The maximum absolute atomic E-state index is 5.83. The van der Waals surface area contributed by atoms with E-state index in [0.29, 0.717) is 6.04 Å². The first kappa shape index (κ1) is 16.1. The Kier molecular flexibility index (Phi) is 6.31. The minimum Gasteiger partial charge on any atom is -0.491 e. The number of benzene rings is 1. The molecular formula is C19H29NO. The molecule has 21 heavy (non-hydrogen) atoms. The molecule has 0 heterocycles. The van der Waals surface area contributed by atoms with Crippen molar-refractivity contribution in [3.8, 4) is 5.75 Å². The summed E-state index contributed by atoms with van der Waals surface area (Å²) in [4.78, 5) is 0. The molecule has 1 aromatic carbocycles. The number of ether oxygens (including phenoxy) is 1. The van der Waals surface area contributed by atoms with Gasteiger partial charge in [-0.25, -0.2) is 0 Å². The molecule has 0 fully saturated rings. The van der Waals surface area contributed by atoms with Crippen LogP contribution in [0.4, 0.5) is 0 Å². The van der Waals surface area contributed by atoms with E-state index in [4.69, 9.17) is 4.74 Å². The molecule has 116 valence electrons. The smallest absolute Gasteiger partial charge is 0.120 e. The average molecular weight is 287 g/mol. The molecule has 1 aliphatic rings. The highest BCUT2D eigenvalue weighted by Crippen LogP contribution is 2.30. The van der Waals surface area contributed by atoms with Crippen LogP contribution < -0.4 is 10.1 Å². The van der Waals surface area contributed by atoms with E-state index >= 15 is 0 Å². The van der Waals surface area contributed by atoms with Crippen molar-refractivity contribution in [2.24, 2.45) is 0 Å². The van der Waals surface area contributed by atoms with E-state index in [1.54, 1.807) is 5.57 Å². The van der Waals surface area contributed by atoms with Crippen LogP contribution in [0.2, 0.25) is 0 Å². The SMILES string of the molecule is CNC(/C1=C/CCCCCC1)c1cccc(OC(C)C)c1. The first-order valence-corrected chi connectivity index (χ1v) is 8.33. The fraction of sp³-hybridized carbons (Fsp3) is 0.579. The zero-order chi connectivity index (χ0) is 15.1. The lowest BCUT2D eigenvalue weighted by Gasteiger charge is -2.23. The van der Waals surface area contributed by atoms with Gasteiger partial charge in [-0.15, -0.1) is 0 Å². The van der Waals surface area contributed by atoms with Crippen LogP contribution in [-0.4, -0.2) is 13.2 Å². The van der Waals surface area contributed by atoms with Gasteiger partial charge in [0.1, 0.15) is 5.75 Å². The third kappa shape index (κ3) is 4.89. The molecule has 0 aliphatic heterocycles. The lowest BCUT2D eigenvalue weighted by molar-refractivity contribution is 0.242. The Morgan fingerprint density at radius 2 is 1.90 bits per heavy atom. The first-order chi connectivity index (χ1) is 10.2. The van der Waals surface area contributed by atoms with Crippen molar-refractivity contribution < 1.29 is 4.74 Å². The molecule has 1 unspecified atom stereocenters. The Morgan fingerprint density at radius 3 is 2.67 bits per heavy atom. The zero-order valence-electron chi connectivity index (χ0n) is 13.7. The van der Waals surface area contributed by atoms with Crippen molar-refractivity contribution in [1.29, 1.82) is 0 Å². The van der Waals surface area contributed by atoms with Crippen LogP contribution in [0, 0.1) is 0 Å². The Morgan fingerprint density at radius 1 is 1.10 bits per heavy atom. The summed E-state index contributed by atoms with van der Waals surface area (Å²) in [5.41, 5.74) is 2.85. The van der Waals surface area contributed by atoms with Gasteiger partial charge in [0, 0.05) is 0 Å². The number of hydrogen-bond donors (Lipinski definition) is 1. The highest BCUT2D eigenvalue weighted by atomic mass is 16.5. The molecule has 0 saturated heterocycles. The van der Waals surface area contributed by atoms with E-state index in [2.05, 4.69) is 50.5 Å². The third-order valence-electron chi connectivity index (χ3n) is 4.05. The van der Waals surface area contributed by atoms with E-state index in [9.17, 15) is 0 Å². The average Bonchev–Trinajstić information content (AvgIpc) is 2.41. The van der Waals surface area contributed by atoms with Crippen LogP contribution in [0.3, 0.4) is 0 Å². The van der Waals surface area contributed by atoms with E-state index in [0.717, 1.165) is 5.75 Å². The molecule has 2 rings (SSSR count). The zero-order valence-corrected chi connectivity index (χ0v) is 13.7. The molecule has 1 atom stereocenters. The topological polar surface area (TPSA) is 21.3 Å². The molecule has 0 aromatic heterocycles. The molecule has 1 aliphatic carbocycles. The molecule has 2 heteroatoms. The molecule has 2 nitrogen and oxygen atoms in total. The van der Waals surface area contributed by atoms with E-state index in [-0.39, 0.29) is 6.10 Å². The highest BCUT2D eigenvalue weighted by Gasteiger charge is 2.16. The predicted octanol–water partition coefficient (Wildman–Crippen LogP) is 5.01. The summed E-state index contributed by atoms with van der Waals surface area (Å²) >= 11 is 0. The normalized spacial score (nSPS) is 20.3. The molecule has 1 N–H and O–H groups in total. The maximum Gasteiger partial charge on any atom is 0.120 e. The van der Waals surface area contributed by atoms with Gasteiger partial charge in [0.2, 0.25) is 0 Å². The molecule has 0 amide bonds. The minimum absolute atomic E-state index is 0.217. The molecule has 0 bridgehead atoms. The monoisotopic (exact) mass is 287 g/mol. The lowest BCUT2D eigenvalue weighted by atomic mass is 9.91. The van der Waals surface area contributed by atoms with Crippen molar-refractivity contribution in [2.45, 2.75) is 64.5 Å². The van der Waals surface area contributed by atoms with Gasteiger partial charge in [0.05, 0.1) is 12.1 Å². The number of rotatable bonds is 5. The number of allylic oxidation sites excluding steroid dienone is 1. The maximum atomic E-state index is 5.83. The molecule has 0 radical (unpaired) electrons. The molecule has 0 spiro atoms. The van der Waals surface area contributed by atoms with Crippen LogP contribution in [-0.2, 0) is 0 Å². The largest absolute Gasteiger partial charge is 0.491 e. The number of likely N-dealkylation sites (N-methyl/N-ethyl adjacent to an activating group) is 1. The van der Waals surface area contributed by atoms with Crippen LogP contribution in [0.1, 0.15) is 64.0 Å². The van der Waals surface area contributed by atoms with Crippen molar-refractivity contribution in [2.75, 3.05) is 7.05 Å². The van der Waals surface area contributed by atoms with Gasteiger partial charge in [0.15, 0.2) is 0 Å². The van der Waals surface area contributed by atoms with Gasteiger partial charge < -0.3 is 10.1 Å². The van der Waals surface area contributed by atoms with Crippen LogP contribution >= 0.6 is 0 Å². The Balaban J connectivity index is 2.19. The van der Waals surface area contributed by atoms with Gasteiger partial charge in [0.25, 0.3) is 0 Å². The Labute approximate surface area is 129 Å². The summed E-state index contributed by atoms with van der Waals surface area (Å²) in [6, 6.07) is 8.84. The molecular weight excluding hydrogens is 258 g/mol. The van der Waals surface area contributed by atoms with E-state index in [1.165, 1.54) is 44.1 Å². The van der Waals surface area contributed by atoms with Crippen molar-refractivity contribution in [3.05, 3.63) is 41.5 Å². The van der Waals surface area contributed by atoms with Gasteiger partial charge in [-0.05, 0) is 64.3 Å². The summed E-state index contributed by atoms with van der Waals surface area (Å²) in [6.07, 6.45) is 10.5. The van der Waals surface area contributed by atoms with Gasteiger partial charge in [-0.3, -0.25) is 0 Å². The molecule has 1 aromatic rings. The fourth-order valence-electron chi connectivity index (χ4n) is 3.08. The summed E-state index contributed by atoms with van der Waals surface area (Å²) < 4.78 is 5.83. The first-order valence-electron chi connectivity index (χ1n) is 8.33. The van der Waals surface area contributed by atoms with Crippen LogP contribution in [0.25, 0.3) is 0 Å². The minimum atomic E-state index is 0.217. The Hall–Kier alpha value is -1.28. The summed E-state index contributed by atoms with van der Waals surface area (Å²) in [7, 11) is 2.06. The van der Waals surface area contributed by atoms with Gasteiger partial charge in [-0.1, -0.05) is 36.6 Å². The van der Waals surface area contributed by atoms with Crippen LogP contribution in [0.15, 0.2) is 35.9 Å². The van der Waals surface area contributed by atoms with E-state index < -0.39 is 0 Å². The second-order valence-electron chi connectivity index (χ2n) is 6.19. The summed E-state index contributed by atoms with van der Waals surface area (Å²) in [5.74, 6) is 0.967. The number of hydrogen-bond acceptors (Lipinski definition) is 2. The molecule has 0 saturated carbocycles. The number of nitrogens with one attached hydrogen (secondary N) is 1. The van der Waals surface area contributed by atoms with E-state index in [1.807, 2.05) is 6.07 Å². The Bertz CT molecular complexity index is 464. The highest BCUT2D eigenvalue weighted by molar-refractivity contribution is 5.35.